The molecule has 2 N–H and O–H groups in total. The molecule has 2 amide bonds. The highest BCUT2D eigenvalue weighted by molar-refractivity contribution is 5.78. The van der Waals surface area contributed by atoms with Crippen molar-refractivity contribution < 1.29 is 19.1 Å². The maximum atomic E-state index is 12.1. The SMILES string of the molecule is Cc1cc(C(C)(C)C)ccc1OCC(=O)NCCNC(=O)COc1ccc(C(C)(C)C)cc1C. The molecule has 2 rings (SSSR count). The number of hydrogen-bond donors (Lipinski definition) is 2. The molecule has 6 heteroatoms. The number of aryl methyl sites for hydroxylation is 2. The van der Waals surface area contributed by atoms with Crippen molar-refractivity contribution in [3.63, 3.8) is 0 Å². The van der Waals surface area contributed by atoms with E-state index in [2.05, 4.69) is 64.3 Å². The van der Waals surface area contributed by atoms with E-state index in [-0.39, 0.29) is 35.9 Å². The average Bonchev–Trinajstić information content (AvgIpc) is 2.73. The first-order chi connectivity index (χ1) is 15.8. The molecular formula is C28H40N2O4. The van der Waals surface area contributed by atoms with E-state index >= 15 is 0 Å². The molecule has 6 nitrogen and oxygen atoms in total. The van der Waals surface area contributed by atoms with Crippen LogP contribution >= 0.6 is 0 Å². The molecule has 0 heterocycles. The van der Waals surface area contributed by atoms with Gasteiger partial charge in [0.15, 0.2) is 13.2 Å². The summed E-state index contributed by atoms with van der Waals surface area (Å²) in [4.78, 5) is 24.1. The highest BCUT2D eigenvalue weighted by Crippen LogP contribution is 2.28. The first kappa shape index (κ1) is 27.2. The summed E-state index contributed by atoms with van der Waals surface area (Å²) in [6.07, 6.45) is 0. The molecule has 0 aromatic heterocycles. The lowest BCUT2D eigenvalue weighted by Gasteiger charge is -2.20. The van der Waals surface area contributed by atoms with Crippen molar-refractivity contribution in [2.75, 3.05) is 26.3 Å². The summed E-state index contributed by atoms with van der Waals surface area (Å²) < 4.78 is 11.3. The van der Waals surface area contributed by atoms with Crippen LogP contribution in [0.2, 0.25) is 0 Å². The molecule has 2 aromatic rings. The fraction of sp³-hybridized carbons (Fsp3) is 0.500. The second-order valence-electron chi connectivity index (χ2n) is 10.7. The highest BCUT2D eigenvalue weighted by atomic mass is 16.5. The third-order valence-corrected chi connectivity index (χ3v) is 5.57. The Morgan fingerprint density at radius 2 is 1.03 bits per heavy atom. The van der Waals surface area contributed by atoms with Gasteiger partial charge in [-0.25, -0.2) is 0 Å². The molecule has 0 bridgehead atoms. The average molecular weight is 469 g/mol. The largest absolute Gasteiger partial charge is 0.484 e. The first-order valence-electron chi connectivity index (χ1n) is 11.8. The van der Waals surface area contributed by atoms with Gasteiger partial charge < -0.3 is 20.1 Å². The summed E-state index contributed by atoms with van der Waals surface area (Å²) in [7, 11) is 0. The fourth-order valence-electron chi connectivity index (χ4n) is 3.35. The van der Waals surface area contributed by atoms with E-state index in [0.717, 1.165) is 11.1 Å². The molecule has 34 heavy (non-hydrogen) atoms. The molecule has 0 saturated heterocycles. The molecule has 186 valence electrons. The Balaban J connectivity index is 1.68. The monoisotopic (exact) mass is 468 g/mol. The lowest BCUT2D eigenvalue weighted by molar-refractivity contribution is -0.124. The Hall–Kier alpha value is -3.02. The van der Waals surface area contributed by atoms with Gasteiger partial charge in [-0.15, -0.1) is 0 Å². The van der Waals surface area contributed by atoms with E-state index in [1.807, 2.05) is 38.1 Å². The molecular weight excluding hydrogens is 428 g/mol. The van der Waals surface area contributed by atoms with E-state index in [1.165, 1.54) is 11.1 Å². The van der Waals surface area contributed by atoms with Crippen molar-refractivity contribution in [3.8, 4) is 11.5 Å². The number of carbonyl (C=O) groups is 2. The quantitative estimate of drug-likeness (QED) is 0.528. The molecule has 0 fully saturated rings. The first-order valence-corrected chi connectivity index (χ1v) is 11.8. The predicted octanol–water partition coefficient (Wildman–Crippen LogP) is 4.59. The van der Waals surface area contributed by atoms with Crippen LogP contribution in [0.5, 0.6) is 11.5 Å². The second kappa shape index (κ2) is 11.4. The summed E-state index contributed by atoms with van der Waals surface area (Å²) in [5.74, 6) is 0.914. The molecule has 0 saturated carbocycles. The van der Waals surface area contributed by atoms with Gasteiger partial charge in [0.1, 0.15) is 11.5 Å². The Morgan fingerprint density at radius 3 is 1.32 bits per heavy atom. The Bertz CT molecular complexity index is 919. The van der Waals surface area contributed by atoms with Gasteiger partial charge in [0.05, 0.1) is 0 Å². The third kappa shape index (κ3) is 8.40. The van der Waals surface area contributed by atoms with Crippen molar-refractivity contribution in [3.05, 3.63) is 58.7 Å². The normalized spacial score (nSPS) is 11.6. The summed E-state index contributed by atoms with van der Waals surface area (Å²) >= 11 is 0. The molecule has 0 aliphatic rings. The zero-order valence-electron chi connectivity index (χ0n) is 21.9. The number of nitrogens with one attached hydrogen (secondary N) is 2. The molecule has 0 spiro atoms. The number of hydrogen-bond acceptors (Lipinski definition) is 4. The van der Waals surface area contributed by atoms with Crippen LogP contribution in [0.3, 0.4) is 0 Å². The van der Waals surface area contributed by atoms with Crippen LogP contribution in [0.15, 0.2) is 36.4 Å². The van der Waals surface area contributed by atoms with Gasteiger partial charge in [0.25, 0.3) is 11.8 Å². The Labute approximate surface area is 204 Å². The number of rotatable bonds is 9. The predicted molar refractivity (Wildman–Crippen MR) is 137 cm³/mol. The smallest absolute Gasteiger partial charge is 0.258 e. The molecule has 0 aliphatic heterocycles. The van der Waals surface area contributed by atoms with Crippen LogP contribution in [0, 0.1) is 13.8 Å². The van der Waals surface area contributed by atoms with Crippen LogP contribution < -0.4 is 20.1 Å². The maximum Gasteiger partial charge on any atom is 0.258 e. The maximum absolute atomic E-state index is 12.1. The van der Waals surface area contributed by atoms with Crippen molar-refractivity contribution in [2.45, 2.75) is 66.2 Å². The van der Waals surface area contributed by atoms with E-state index in [9.17, 15) is 9.59 Å². The van der Waals surface area contributed by atoms with Gasteiger partial charge in [-0.05, 0) is 59.1 Å². The fourth-order valence-corrected chi connectivity index (χ4v) is 3.35. The van der Waals surface area contributed by atoms with Gasteiger partial charge in [-0.2, -0.15) is 0 Å². The zero-order valence-corrected chi connectivity index (χ0v) is 21.9. The lowest BCUT2D eigenvalue weighted by atomic mass is 9.86. The second-order valence-corrected chi connectivity index (χ2v) is 10.7. The Kier molecular flexibility index (Phi) is 9.14. The Morgan fingerprint density at radius 1 is 0.676 bits per heavy atom. The van der Waals surface area contributed by atoms with E-state index in [4.69, 9.17) is 9.47 Å². The minimum absolute atomic E-state index is 0.0614. The molecule has 0 unspecified atom stereocenters. The van der Waals surface area contributed by atoms with Crippen LogP contribution in [0.1, 0.15) is 63.8 Å². The third-order valence-electron chi connectivity index (χ3n) is 5.57. The molecule has 2 aromatic carbocycles. The molecule has 0 radical (unpaired) electrons. The van der Waals surface area contributed by atoms with Crippen molar-refractivity contribution in [1.82, 2.24) is 10.6 Å². The van der Waals surface area contributed by atoms with Gasteiger partial charge in [-0.3, -0.25) is 9.59 Å². The highest BCUT2D eigenvalue weighted by Gasteiger charge is 2.16. The van der Waals surface area contributed by atoms with Crippen LogP contribution in [0.25, 0.3) is 0 Å². The summed E-state index contributed by atoms with van der Waals surface area (Å²) in [6, 6.07) is 12.0. The molecule has 0 aliphatic carbocycles. The van der Waals surface area contributed by atoms with Gasteiger partial charge in [-0.1, -0.05) is 65.8 Å². The van der Waals surface area contributed by atoms with Crippen molar-refractivity contribution >= 4 is 11.8 Å². The zero-order chi connectivity index (χ0) is 25.5. The van der Waals surface area contributed by atoms with Crippen molar-refractivity contribution in [2.24, 2.45) is 0 Å². The topological polar surface area (TPSA) is 76.7 Å². The minimum Gasteiger partial charge on any atom is -0.484 e. The van der Waals surface area contributed by atoms with E-state index in [1.54, 1.807) is 0 Å². The van der Waals surface area contributed by atoms with E-state index < -0.39 is 0 Å². The van der Waals surface area contributed by atoms with Gasteiger partial charge >= 0.3 is 0 Å². The minimum atomic E-state index is -0.237. The number of benzene rings is 2. The van der Waals surface area contributed by atoms with Crippen LogP contribution in [0.4, 0.5) is 0 Å². The van der Waals surface area contributed by atoms with Gasteiger partial charge in [0.2, 0.25) is 0 Å². The van der Waals surface area contributed by atoms with Gasteiger partial charge in [0, 0.05) is 13.1 Å². The standard InChI is InChI=1S/C28H40N2O4/c1-19-15-21(27(3,4)5)9-11-23(19)33-17-25(31)29-13-14-30-26(32)18-34-24-12-10-22(16-20(24)2)28(6,7)8/h9-12,15-16H,13-14,17-18H2,1-8H3,(H,29,31)(H,30,32). The van der Waals surface area contributed by atoms with Crippen molar-refractivity contribution in [1.29, 1.82) is 0 Å². The van der Waals surface area contributed by atoms with Crippen LogP contribution in [-0.4, -0.2) is 38.1 Å². The number of amides is 2. The number of ether oxygens (including phenoxy) is 2. The molecule has 0 atom stereocenters. The summed E-state index contributed by atoms with van der Waals surface area (Å²) in [5.41, 5.74) is 4.56. The summed E-state index contributed by atoms with van der Waals surface area (Å²) in [5, 5.41) is 5.49. The summed E-state index contributed by atoms with van der Waals surface area (Å²) in [6.45, 7) is 17.4. The lowest BCUT2D eigenvalue weighted by Crippen LogP contribution is -2.38. The van der Waals surface area contributed by atoms with E-state index in [0.29, 0.717) is 24.6 Å². The number of carbonyl (C=O) groups excluding carboxylic acids is 2. The van der Waals surface area contributed by atoms with Crippen LogP contribution in [-0.2, 0) is 20.4 Å².